The summed E-state index contributed by atoms with van der Waals surface area (Å²) in [4.78, 5) is 17.4. The highest BCUT2D eigenvalue weighted by Crippen LogP contribution is 2.35. The van der Waals surface area contributed by atoms with Crippen molar-refractivity contribution in [2.75, 3.05) is 21.2 Å². The van der Waals surface area contributed by atoms with Gasteiger partial charge in [-0.25, -0.2) is 4.98 Å². The minimum absolute atomic E-state index is 0.192. The summed E-state index contributed by atoms with van der Waals surface area (Å²) < 4.78 is 10.9. The number of rotatable bonds is 4. The van der Waals surface area contributed by atoms with Gasteiger partial charge in [0.15, 0.2) is 17.2 Å². The quantitative estimate of drug-likeness (QED) is 0.791. The van der Waals surface area contributed by atoms with Crippen LogP contribution < -0.4 is 9.47 Å². The molecule has 17 heavy (non-hydrogen) atoms. The molecule has 5 nitrogen and oxygen atoms in total. The average Bonchev–Trinajstić information content (AvgIpc) is 3.11. The number of ether oxygens (including phenoxy) is 2. The summed E-state index contributed by atoms with van der Waals surface area (Å²) in [5, 5.41) is 0. The number of hydrogen-bond acceptors (Lipinski definition) is 4. The molecule has 0 aromatic carbocycles. The van der Waals surface area contributed by atoms with Gasteiger partial charge >= 0.3 is 0 Å². The first-order valence-corrected chi connectivity index (χ1v) is 5.54. The molecule has 1 aromatic heterocycles. The third-order valence-corrected chi connectivity index (χ3v) is 2.50. The highest BCUT2D eigenvalue weighted by Gasteiger charge is 2.27. The fourth-order valence-corrected chi connectivity index (χ4v) is 1.45. The molecule has 0 aliphatic heterocycles. The summed E-state index contributed by atoms with van der Waals surface area (Å²) >= 11 is 0. The van der Waals surface area contributed by atoms with Crippen LogP contribution in [0.1, 0.15) is 23.3 Å². The lowest BCUT2D eigenvalue weighted by molar-refractivity contribution is 0.0817. The molecule has 0 spiro atoms. The number of pyridine rings is 1. The Hall–Kier alpha value is -1.78. The molecule has 1 aliphatic carbocycles. The Morgan fingerprint density at radius 2 is 2.18 bits per heavy atom. The van der Waals surface area contributed by atoms with Crippen molar-refractivity contribution < 1.29 is 14.3 Å². The Labute approximate surface area is 100 Å². The third kappa shape index (κ3) is 2.49. The number of aromatic nitrogens is 1. The Morgan fingerprint density at radius 3 is 2.71 bits per heavy atom. The lowest BCUT2D eigenvalue weighted by Crippen LogP contribution is -2.23. The number of amides is 1. The van der Waals surface area contributed by atoms with Crippen LogP contribution in [0.2, 0.25) is 0 Å². The number of hydrogen-bond donors (Lipinski definition) is 0. The van der Waals surface area contributed by atoms with E-state index in [1.807, 2.05) is 0 Å². The summed E-state index contributed by atoms with van der Waals surface area (Å²) in [5.41, 5.74) is 0.288. The molecule has 92 valence electrons. The van der Waals surface area contributed by atoms with Crippen LogP contribution in [0, 0.1) is 0 Å². The van der Waals surface area contributed by atoms with Gasteiger partial charge in [0.2, 0.25) is 0 Å². The minimum atomic E-state index is -0.192. The van der Waals surface area contributed by atoms with Gasteiger partial charge in [0.25, 0.3) is 5.91 Å². The van der Waals surface area contributed by atoms with Crippen molar-refractivity contribution in [1.29, 1.82) is 0 Å². The monoisotopic (exact) mass is 236 g/mol. The maximum absolute atomic E-state index is 11.9. The molecule has 0 bridgehead atoms. The van der Waals surface area contributed by atoms with Gasteiger partial charge in [-0.1, -0.05) is 0 Å². The Morgan fingerprint density at radius 1 is 1.47 bits per heavy atom. The molecular formula is C12H16N2O3. The van der Waals surface area contributed by atoms with Crippen LogP contribution in [0.15, 0.2) is 12.3 Å². The van der Waals surface area contributed by atoms with E-state index in [1.54, 1.807) is 26.4 Å². The smallest absolute Gasteiger partial charge is 0.275 e. The lowest BCUT2D eigenvalue weighted by Gasteiger charge is -2.15. The molecule has 0 saturated heterocycles. The van der Waals surface area contributed by atoms with Crippen molar-refractivity contribution in [1.82, 2.24) is 9.88 Å². The van der Waals surface area contributed by atoms with Crippen LogP contribution in [0.25, 0.3) is 0 Å². The van der Waals surface area contributed by atoms with Crippen LogP contribution in [0.3, 0.4) is 0 Å². The first kappa shape index (κ1) is 11.7. The highest BCUT2D eigenvalue weighted by atomic mass is 16.5. The molecule has 2 rings (SSSR count). The van der Waals surface area contributed by atoms with Gasteiger partial charge in [-0.05, 0) is 12.8 Å². The normalized spacial score (nSPS) is 14.3. The summed E-state index contributed by atoms with van der Waals surface area (Å²) in [6, 6.07) is 1.73. The van der Waals surface area contributed by atoms with Gasteiger partial charge in [-0.2, -0.15) is 0 Å². The van der Waals surface area contributed by atoms with E-state index in [4.69, 9.17) is 9.47 Å². The standard InChI is InChI=1S/C12H16N2O3/c1-14(2)12(15)10-11(16-3)9(6-7-13-10)17-8-4-5-8/h6-8H,4-5H2,1-3H3. The fraction of sp³-hybridized carbons (Fsp3) is 0.500. The van der Waals surface area contributed by atoms with Crippen LogP contribution in [-0.2, 0) is 0 Å². The first-order valence-electron chi connectivity index (χ1n) is 5.54. The second-order valence-corrected chi connectivity index (χ2v) is 4.21. The molecule has 1 aliphatic rings. The van der Waals surface area contributed by atoms with Crippen molar-refractivity contribution >= 4 is 5.91 Å². The molecule has 0 unspecified atom stereocenters. The maximum atomic E-state index is 11.9. The summed E-state index contributed by atoms with van der Waals surface area (Å²) in [5.74, 6) is 0.816. The number of methoxy groups -OCH3 is 1. The Balaban J connectivity index is 2.33. The van der Waals surface area contributed by atoms with E-state index >= 15 is 0 Å². The molecule has 0 radical (unpaired) electrons. The van der Waals surface area contributed by atoms with Crippen LogP contribution >= 0.6 is 0 Å². The van der Waals surface area contributed by atoms with Crippen molar-refractivity contribution in [2.45, 2.75) is 18.9 Å². The van der Waals surface area contributed by atoms with E-state index in [-0.39, 0.29) is 17.7 Å². The van der Waals surface area contributed by atoms with Gasteiger partial charge in [-0.3, -0.25) is 4.79 Å². The molecule has 1 fully saturated rings. The molecule has 1 aromatic rings. The second kappa shape index (κ2) is 4.61. The van der Waals surface area contributed by atoms with Crippen LogP contribution in [0.4, 0.5) is 0 Å². The maximum Gasteiger partial charge on any atom is 0.275 e. The van der Waals surface area contributed by atoms with E-state index in [1.165, 1.54) is 12.0 Å². The van der Waals surface area contributed by atoms with Crippen molar-refractivity contribution in [3.8, 4) is 11.5 Å². The molecular weight excluding hydrogens is 220 g/mol. The van der Waals surface area contributed by atoms with E-state index in [9.17, 15) is 4.79 Å². The lowest BCUT2D eigenvalue weighted by atomic mass is 10.2. The zero-order valence-corrected chi connectivity index (χ0v) is 10.3. The predicted octanol–water partition coefficient (Wildman–Crippen LogP) is 1.33. The molecule has 0 N–H and O–H groups in total. The van der Waals surface area contributed by atoms with Gasteiger partial charge in [0.1, 0.15) is 0 Å². The largest absolute Gasteiger partial charge is 0.491 e. The Bertz CT molecular complexity index is 428. The summed E-state index contributed by atoms with van der Waals surface area (Å²) in [7, 11) is 4.87. The first-order chi connectivity index (χ1) is 8.13. The van der Waals surface area contributed by atoms with Gasteiger partial charge < -0.3 is 14.4 Å². The topological polar surface area (TPSA) is 51.7 Å². The zero-order chi connectivity index (χ0) is 12.4. The average molecular weight is 236 g/mol. The second-order valence-electron chi connectivity index (χ2n) is 4.21. The third-order valence-electron chi connectivity index (χ3n) is 2.50. The fourth-order valence-electron chi connectivity index (χ4n) is 1.45. The van der Waals surface area contributed by atoms with Crippen molar-refractivity contribution in [2.24, 2.45) is 0 Å². The molecule has 1 heterocycles. The summed E-state index contributed by atoms with van der Waals surface area (Å²) in [6.45, 7) is 0. The predicted molar refractivity (Wildman–Crippen MR) is 62.5 cm³/mol. The van der Waals surface area contributed by atoms with E-state index < -0.39 is 0 Å². The molecule has 1 amide bonds. The number of carbonyl (C=O) groups is 1. The van der Waals surface area contributed by atoms with E-state index in [0.717, 1.165) is 12.8 Å². The zero-order valence-electron chi connectivity index (χ0n) is 10.3. The Kier molecular flexibility index (Phi) is 3.17. The van der Waals surface area contributed by atoms with Gasteiger partial charge in [0.05, 0.1) is 13.2 Å². The van der Waals surface area contributed by atoms with Crippen LogP contribution in [-0.4, -0.2) is 43.1 Å². The van der Waals surface area contributed by atoms with Gasteiger partial charge in [0, 0.05) is 26.4 Å². The van der Waals surface area contributed by atoms with Gasteiger partial charge in [-0.15, -0.1) is 0 Å². The van der Waals surface area contributed by atoms with Crippen molar-refractivity contribution in [3.05, 3.63) is 18.0 Å². The molecule has 1 saturated carbocycles. The SMILES string of the molecule is COc1c(OC2CC2)ccnc1C(=O)N(C)C. The van der Waals surface area contributed by atoms with E-state index in [0.29, 0.717) is 11.5 Å². The number of carbonyl (C=O) groups excluding carboxylic acids is 1. The minimum Gasteiger partial charge on any atom is -0.491 e. The van der Waals surface area contributed by atoms with Crippen LogP contribution in [0.5, 0.6) is 11.5 Å². The summed E-state index contributed by atoms with van der Waals surface area (Å²) in [6.07, 6.45) is 3.94. The molecule has 0 atom stereocenters. The number of nitrogens with zero attached hydrogens (tertiary/aromatic N) is 2. The van der Waals surface area contributed by atoms with E-state index in [2.05, 4.69) is 4.98 Å². The highest BCUT2D eigenvalue weighted by molar-refractivity contribution is 5.95. The van der Waals surface area contributed by atoms with Crippen molar-refractivity contribution in [3.63, 3.8) is 0 Å². The molecule has 5 heteroatoms.